The molecular formula is C15H16F2N2O4. The molecule has 1 aromatic rings. The molecule has 23 heavy (non-hydrogen) atoms. The fourth-order valence-corrected chi connectivity index (χ4v) is 2.74. The van der Waals surface area contributed by atoms with Crippen molar-refractivity contribution in [2.24, 2.45) is 0 Å². The van der Waals surface area contributed by atoms with Gasteiger partial charge in [-0.3, -0.25) is 9.59 Å². The first-order chi connectivity index (χ1) is 11.0. The monoisotopic (exact) mass is 326 g/mol. The lowest BCUT2D eigenvalue weighted by Gasteiger charge is -2.36. The minimum absolute atomic E-state index is 0.0578. The van der Waals surface area contributed by atoms with E-state index in [4.69, 9.17) is 9.47 Å². The lowest BCUT2D eigenvalue weighted by atomic mass is 10.1. The smallest absolute Gasteiger partial charge is 0.258 e. The van der Waals surface area contributed by atoms with Gasteiger partial charge in [-0.15, -0.1) is 0 Å². The van der Waals surface area contributed by atoms with Crippen molar-refractivity contribution >= 4 is 17.5 Å². The van der Waals surface area contributed by atoms with Crippen LogP contribution in [0.2, 0.25) is 0 Å². The predicted octanol–water partition coefficient (Wildman–Crippen LogP) is 0.937. The maximum absolute atomic E-state index is 14.1. The molecule has 0 aliphatic carbocycles. The lowest BCUT2D eigenvalue weighted by molar-refractivity contribution is -0.144. The molecule has 6 nitrogen and oxygen atoms in total. The fraction of sp³-hybridized carbons (Fsp3) is 0.467. The average Bonchev–Trinajstić information content (AvgIpc) is 2.57. The van der Waals surface area contributed by atoms with Crippen molar-refractivity contribution in [3.8, 4) is 5.75 Å². The highest BCUT2D eigenvalue weighted by Gasteiger charge is 2.36. The number of halogens is 2. The molecule has 2 heterocycles. The van der Waals surface area contributed by atoms with Gasteiger partial charge in [-0.25, -0.2) is 8.78 Å². The van der Waals surface area contributed by atoms with Gasteiger partial charge in [-0.05, 0) is 12.1 Å². The third-order valence-electron chi connectivity index (χ3n) is 3.92. The zero-order valence-corrected chi connectivity index (χ0v) is 12.6. The van der Waals surface area contributed by atoms with Crippen molar-refractivity contribution in [3.63, 3.8) is 0 Å². The Bertz CT molecular complexity index is 653. The number of nitrogens with zero attached hydrogens (tertiary/aromatic N) is 2. The first-order valence-electron chi connectivity index (χ1n) is 7.28. The topological polar surface area (TPSA) is 59.1 Å². The first kappa shape index (κ1) is 15.7. The minimum Gasteiger partial charge on any atom is -0.486 e. The van der Waals surface area contributed by atoms with Gasteiger partial charge in [0.05, 0.1) is 19.7 Å². The van der Waals surface area contributed by atoms with Crippen LogP contribution in [-0.2, 0) is 14.3 Å². The van der Waals surface area contributed by atoms with E-state index in [-0.39, 0.29) is 43.6 Å². The van der Waals surface area contributed by atoms with E-state index in [1.54, 1.807) is 0 Å². The molecule has 0 radical (unpaired) electrons. The maximum atomic E-state index is 14.1. The quantitative estimate of drug-likeness (QED) is 0.771. The van der Waals surface area contributed by atoms with Gasteiger partial charge in [0.1, 0.15) is 12.3 Å². The molecule has 0 spiro atoms. The van der Waals surface area contributed by atoms with E-state index in [2.05, 4.69) is 0 Å². The molecule has 124 valence electrons. The van der Waals surface area contributed by atoms with Gasteiger partial charge in [-0.1, -0.05) is 0 Å². The number of carbonyl (C=O) groups excluding carboxylic acids is 2. The molecule has 1 saturated heterocycles. The molecule has 0 N–H and O–H groups in total. The van der Waals surface area contributed by atoms with Crippen molar-refractivity contribution in [2.75, 3.05) is 37.7 Å². The van der Waals surface area contributed by atoms with Crippen LogP contribution in [0.3, 0.4) is 0 Å². The zero-order chi connectivity index (χ0) is 16.6. The average molecular weight is 326 g/mol. The van der Waals surface area contributed by atoms with Gasteiger partial charge in [0.2, 0.25) is 5.91 Å². The number of morpholine rings is 1. The van der Waals surface area contributed by atoms with Crippen LogP contribution >= 0.6 is 0 Å². The van der Waals surface area contributed by atoms with Crippen LogP contribution in [0.25, 0.3) is 0 Å². The van der Waals surface area contributed by atoms with Crippen molar-refractivity contribution in [2.45, 2.75) is 13.0 Å². The molecule has 0 bridgehead atoms. The molecule has 3 rings (SSSR count). The summed E-state index contributed by atoms with van der Waals surface area (Å²) in [6, 6.07) is 1.91. The Kier molecular flexibility index (Phi) is 4.16. The minimum atomic E-state index is -0.902. The van der Waals surface area contributed by atoms with Gasteiger partial charge < -0.3 is 19.3 Å². The van der Waals surface area contributed by atoms with Crippen LogP contribution < -0.4 is 9.64 Å². The van der Waals surface area contributed by atoms with E-state index >= 15 is 0 Å². The highest BCUT2D eigenvalue weighted by molar-refractivity contribution is 5.99. The second kappa shape index (κ2) is 6.11. The number of anilines is 1. The number of benzene rings is 1. The van der Waals surface area contributed by atoms with Gasteiger partial charge in [0.15, 0.2) is 23.5 Å². The SMILES string of the molecule is CC(=O)N1CCOC(C(=O)N2CCOc3c(F)ccc(F)c32)C1. The summed E-state index contributed by atoms with van der Waals surface area (Å²) in [7, 11) is 0. The van der Waals surface area contributed by atoms with E-state index < -0.39 is 23.6 Å². The van der Waals surface area contributed by atoms with E-state index in [0.29, 0.717) is 6.54 Å². The summed E-state index contributed by atoms with van der Waals surface area (Å²) in [6.45, 7) is 2.28. The normalized spacial score (nSPS) is 20.7. The summed E-state index contributed by atoms with van der Waals surface area (Å²) < 4.78 is 38.4. The van der Waals surface area contributed by atoms with Crippen molar-refractivity contribution in [3.05, 3.63) is 23.8 Å². The molecule has 2 aliphatic rings. The van der Waals surface area contributed by atoms with Crippen LogP contribution in [0, 0.1) is 11.6 Å². The molecule has 1 aromatic carbocycles. The summed E-state index contributed by atoms with van der Waals surface area (Å²) in [4.78, 5) is 26.7. The standard InChI is InChI=1S/C15H16F2N2O4/c1-9(20)18-4-6-22-12(8-18)15(21)19-5-7-23-14-11(17)3-2-10(16)13(14)19/h2-3,12H,4-8H2,1H3. The van der Waals surface area contributed by atoms with Crippen LogP contribution in [-0.4, -0.2) is 55.7 Å². The highest BCUT2D eigenvalue weighted by Crippen LogP contribution is 2.37. The molecule has 1 atom stereocenters. The first-order valence-corrected chi connectivity index (χ1v) is 7.28. The molecule has 0 aromatic heterocycles. The maximum Gasteiger partial charge on any atom is 0.258 e. The summed E-state index contributed by atoms with van der Waals surface area (Å²) in [5, 5.41) is 0. The van der Waals surface area contributed by atoms with E-state index in [0.717, 1.165) is 17.0 Å². The van der Waals surface area contributed by atoms with Gasteiger partial charge in [0.25, 0.3) is 5.91 Å². The Balaban J connectivity index is 1.87. The Morgan fingerprint density at radius 2 is 1.91 bits per heavy atom. The summed E-state index contributed by atoms with van der Waals surface area (Å²) in [5.74, 6) is -2.41. The fourth-order valence-electron chi connectivity index (χ4n) is 2.74. The number of ether oxygens (including phenoxy) is 2. The van der Waals surface area contributed by atoms with Gasteiger partial charge in [0, 0.05) is 13.5 Å². The van der Waals surface area contributed by atoms with Crippen molar-refractivity contribution < 1.29 is 27.8 Å². The number of amides is 2. The molecule has 1 fully saturated rings. The largest absolute Gasteiger partial charge is 0.486 e. The Hall–Kier alpha value is -2.22. The third kappa shape index (κ3) is 2.86. The van der Waals surface area contributed by atoms with E-state index in [1.807, 2.05) is 0 Å². The number of fused-ring (bicyclic) bond motifs is 1. The molecule has 2 amide bonds. The van der Waals surface area contributed by atoms with Crippen LogP contribution in [0.5, 0.6) is 5.75 Å². The van der Waals surface area contributed by atoms with E-state index in [9.17, 15) is 18.4 Å². The Morgan fingerprint density at radius 3 is 2.65 bits per heavy atom. The van der Waals surface area contributed by atoms with Gasteiger partial charge in [-0.2, -0.15) is 0 Å². The van der Waals surface area contributed by atoms with Crippen molar-refractivity contribution in [1.29, 1.82) is 0 Å². The Morgan fingerprint density at radius 1 is 1.17 bits per heavy atom. The van der Waals surface area contributed by atoms with Gasteiger partial charge >= 0.3 is 0 Å². The lowest BCUT2D eigenvalue weighted by Crippen LogP contribution is -2.53. The summed E-state index contributed by atoms with van der Waals surface area (Å²) in [5.41, 5.74) is -0.218. The van der Waals surface area contributed by atoms with Crippen LogP contribution in [0.1, 0.15) is 6.92 Å². The Labute approximate surface area is 131 Å². The summed E-state index contributed by atoms with van der Waals surface area (Å²) in [6.07, 6.45) is -0.902. The zero-order valence-electron chi connectivity index (χ0n) is 12.6. The van der Waals surface area contributed by atoms with Crippen molar-refractivity contribution in [1.82, 2.24) is 4.90 Å². The number of hydrogen-bond acceptors (Lipinski definition) is 4. The summed E-state index contributed by atoms with van der Waals surface area (Å²) >= 11 is 0. The number of rotatable bonds is 1. The molecule has 0 saturated carbocycles. The third-order valence-corrected chi connectivity index (χ3v) is 3.92. The molecule has 8 heteroatoms. The highest BCUT2D eigenvalue weighted by atomic mass is 19.1. The molecule has 1 unspecified atom stereocenters. The molecule has 2 aliphatic heterocycles. The molecular weight excluding hydrogens is 310 g/mol. The second-order valence-corrected chi connectivity index (χ2v) is 5.37. The van der Waals surface area contributed by atoms with Crippen LogP contribution in [0.4, 0.5) is 14.5 Å². The number of hydrogen-bond donors (Lipinski definition) is 0. The van der Waals surface area contributed by atoms with E-state index in [1.165, 1.54) is 11.8 Å². The van der Waals surface area contributed by atoms with Crippen LogP contribution in [0.15, 0.2) is 12.1 Å². The second-order valence-electron chi connectivity index (χ2n) is 5.37. The number of carbonyl (C=O) groups is 2. The predicted molar refractivity (Wildman–Crippen MR) is 76.2 cm³/mol.